The first-order chi connectivity index (χ1) is 16.0. The Hall–Kier alpha value is -3.39. The number of rotatable bonds is 10. The van der Waals surface area contributed by atoms with Gasteiger partial charge in [0.05, 0.1) is 6.04 Å². The molecule has 2 aromatic rings. The van der Waals surface area contributed by atoms with E-state index in [9.17, 15) is 19.5 Å². The second kappa shape index (κ2) is 12.2. The number of carbonyl (C=O) groups is 3. The summed E-state index contributed by atoms with van der Waals surface area (Å²) in [5.41, 5.74) is 11.9. The number of hydrogen-bond acceptors (Lipinski definition) is 5. The van der Waals surface area contributed by atoms with Gasteiger partial charge >= 0.3 is 0 Å². The molecular formula is C26H36N4O4. The molecule has 0 fully saturated rings. The third kappa shape index (κ3) is 7.59. The van der Waals surface area contributed by atoms with E-state index in [-0.39, 0.29) is 36.6 Å². The summed E-state index contributed by atoms with van der Waals surface area (Å²) in [5.74, 6) is -0.741. The molecule has 8 nitrogen and oxygen atoms in total. The van der Waals surface area contributed by atoms with Crippen molar-refractivity contribution in [2.45, 2.75) is 59.5 Å². The SMILES string of the molecule is CC(=O)NC(Cc1c(C)cccc1C)C(=O)NCCNC(=O)C(N)Cc1c(C)cc(O)cc1C. The molecule has 2 aromatic carbocycles. The van der Waals surface area contributed by atoms with E-state index in [1.54, 1.807) is 12.1 Å². The van der Waals surface area contributed by atoms with E-state index in [1.165, 1.54) is 6.92 Å². The molecule has 0 heterocycles. The third-order valence-corrected chi connectivity index (χ3v) is 5.91. The molecule has 2 unspecified atom stereocenters. The number of aromatic hydroxyl groups is 1. The van der Waals surface area contributed by atoms with E-state index in [1.807, 2.05) is 45.9 Å². The molecule has 6 N–H and O–H groups in total. The van der Waals surface area contributed by atoms with E-state index in [2.05, 4.69) is 16.0 Å². The lowest BCUT2D eigenvalue weighted by Crippen LogP contribution is -2.50. The van der Waals surface area contributed by atoms with Gasteiger partial charge in [0.15, 0.2) is 0 Å². The lowest BCUT2D eigenvalue weighted by molar-refractivity contribution is -0.128. The summed E-state index contributed by atoms with van der Waals surface area (Å²) < 4.78 is 0. The number of phenols is 1. The molecule has 184 valence electrons. The predicted molar refractivity (Wildman–Crippen MR) is 133 cm³/mol. The molecule has 34 heavy (non-hydrogen) atoms. The van der Waals surface area contributed by atoms with Gasteiger partial charge in [0.1, 0.15) is 11.8 Å². The minimum Gasteiger partial charge on any atom is -0.508 e. The van der Waals surface area contributed by atoms with Gasteiger partial charge in [-0.05, 0) is 79.6 Å². The molecule has 3 amide bonds. The quantitative estimate of drug-likeness (QED) is 0.337. The normalized spacial score (nSPS) is 12.5. The van der Waals surface area contributed by atoms with Gasteiger partial charge in [-0.25, -0.2) is 0 Å². The standard InChI is InChI=1S/C26H36N4O4/c1-15-7-6-8-16(2)22(15)14-24(30-19(5)31)26(34)29-10-9-28-25(33)23(27)13-21-17(3)11-20(32)12-18(21)4/h6-8,11-12,23-24,32H,9-10,13-14,27H2,1-5H3,(H,28,33)(H,29,34)(H,30,31). The molecule has 8 heteroatoms. The number of amides is 3. The van der Waals surface area contributed by atoms with Crippen molar-refractivity contribution < 1.29 is 19.5 Å². The van der Waals surface area contributed by atoms with Gasteiger partial charge in [0.2, 0.25) is 17.7 Å². The zero-order valence-corrected chi connectivity index (χ0v) is 20.6. The minimum atomic E-state index is -0.756. The molecule has 0 aliphatic rings. The van der Waals surface area contributed by atoms with E-state index in [4.69, 9.17) is 5.73 Å². The van der Waals surface area contributed by atoms with Crippen molar-refractivity contribution in [1.29, 1.82) is 0 Å². The summed E-state index contributed by atoms with van der Waals surface area (Å²) in [7, 11) is 0. The Labute approximate surface area is 201 Å². The van der Waals surface area contributed by atoms with Gasteiger partial charge in [0, 0.05) is 26.4 Å². The van der Waals surface area contributed by atoms with Crippen LogP contribution in [0.15, 0.2) is 30.3 Å². The summed E-state index contributed by atoms with van der Waals surface area (Å²) in [5, 5.41) is 17.9. The largest absolute Gasteiger partial charge is 0.508 e. The predicted octanol–water partition coefficient (Wildman–Crippen LogP) is 1.48. The Morgan fingerprint density at radius 3 is 1.88 bits per heavy atom. The highest BCUT2D eigenvalue weighted by Crippen LogP contribution is 2.21. The van der Waals surface area contributed by atoms with Crippen LogP contribution < -0.4 is 21.7 Å². The van der Waals surface area contributed by atoms with Crippen LogP contribution in [0.3, 0.4) is 0 Å². The fourth-order valence-electron chi connectivity index (χ4n) is 4.06. The number of phenolic OH excluding ortho intramolecular Hbond substituents is 1. The molecule has 0 spiro atoms. The first-order valence-corrected chi connectivity index (χ1v) is 11.4. The summed E-state index contributed by atoms with van der Waals surface area (Å²) >= 11 is 0. The number of benzene rings is 2. The number of carbonyl (C=O) groups excluding carboxylic acids is 3. The van der Waals surface area contributed by atoms with Gasteiger partial charge in [-0.15, -0.1) is 0 Å². The molecular weight excluding hydrogens is 432 g/mol. The van der Waals surface area contributed by atoms with Crippen molar-refractivity contribution in [3.8, 4) is 5.75 Å². The molecule has 0 radical (unpaired) electrons. The van der Waals surface area contributed by atoms with Crippen LogP contribution in [0.2, 0.25) is 0 Å². The summed E-state index contributed by atoms with van der Waals surface area (Å²) in [4.78, 5) is 36.8. The Morgan fingerprint density at radius 1 is 0.853 bits per heavy atom. The molecule has 0 saturated heterocycles. The highest BCUT2D eigenvalue weighted by Gasteiger charge is 2.22. The molecule has 0 bridgehead atoms. The monoisotopic (exact) mass is 468 g/mol. The maximum Gasteiger partial charge on any atom is 0.242 e. The Kier molecular flexibility index (Phi) is 9.62. The van der Waals surface area contributed by atoms with Crippen molar-refractivity contribution in [2.24, 2.45) is 5.73 Å². The van der Waals surface area contributed by atoms with Crippen molar-refractivity contribution in [1.82, 2.24) is 16.0 Å². The average molecular weight is 469 g/mol. The van der Waals surface area contributed by atoms with Crippen LogP contribution in [0.4, 0.5) is 0 Å². The van der Waals surface area contributed by atoms with E-state index >= 15 is 0 Å². The van der Waals surface area contributed by atoms with Gasteiger partial charge in [0.25, 0.3) is 0 Å². The summed E-state index contributed by atoms with van der Waals surface area (Å²) in [6, 6.07) is 7.73. The lowest BCUT2D eigenvalue weighted by Gasteiger charge is -2.20. The van der Waals surface area contributed by atoms with Gasteiger partial charge in [-0.2, -0.15) is 0 Å². The summed E-state index contributed by atoms with van der Waals surface area (Å²) in [6.07, 6.45) is 0.725. The number of nitrogens with one attached hydrogen (secondary N) is 3. The molecule has 2 rings (SSSR count). The maximum atomic E-state index is 12.7. The molecule has 0 aliphatic heterocycles. The second-order valence-electron chi connectivity index (χ2n) is 8.78. The molecule has 0 aliphatic carbocycles. The van der Waals surface area contributed by atoms with Crippen LogP contribution in [0.1, 0.15) is 40.3 Å². The zero-order valence-electron chi connectivity index (χ0n) is 20.6. The van der Waals surface area contributed by atoms with Gasteiger partial charge in [-0.1, -0.05) is 18.2 Å². The van der Waals surface area contributed by atoms with Gasteiger partial charge in [-0.3, -0.25) is 14.4 Å². The average Bonchev–Trinajstić information content (AvgIpc) is 2.74. The van der Waals surface area contributed by atoms with Crippen LogP contribution >= 0.6 is 0 Å². The van der Waals surface area contributed by atoms with E-state index in [0.717, 1.165) is 33.4 Å². The molecule has 0 aromatic heterocycles. The van der Waals surface area contributed by atoms with Crippen LogP contribution in [0.5, 0.6) is 5.75 Å². The van der Waals surface area contributed by atoms with Crippen molar-refractivity contribution in [3.63, 3.8) is 0 Å². The number of nitrogens with two attached hydrogens (primary N) is 1. The Morgan fingerprint density at radius 2 is 1.35 bits per heavy atom. The molecule has 2 atom stereocenters. The van der Waals surface area contributed by atoms with Crippen molar-refractivity contribution in [3.05, 3.63) is 63.7 Å². The smallest absolute Gasteiger partial charge is 0.242 e. The third-order valence-electron chi connectivity index (χ3n) is 5.91. The van der Waals surface area contributed by atoms with Crippen LogP contribution in [0, 0.1) is 27.7 Å². The van der Waals surface area contributed by atoms with Crippen LogP contribution in [-0.4, -0.2) is 48.0 Å². The topological polar surface area (TPSA) is 134 Å². The van der Waals surface area contributed by atoms with Crippen molar-refractivity contribution >= 4 is 17.7 Å². The summed E-state index contributed by atoms with van der Waals surface area (Å²) in [6.45, 7) is 9.48. The Balaban J connectivity index is 1.88. The second-order valence-corrected chi connectivity index (χ2v) is 8.78. The van der Waals surface area contributed by atoms with Crippen LogP contribution in [-0.2, 0) is 27.2 Å². The maximum absolute atomic E-state index is 12.7. The minimum absolute atomic E-state index is 0.183. The highest BCUT2D eigenvalue weighted by molar-refractivity contribution is 5.87. The first kappa shape index (κ1) is 26.9. The number of hydrogen-bond donors (Lipinski definition) is 5. The van der Waals surface area contributed by atoms with Gasteiger partial charge < -0.3 is 26.8 Å². The fraction of sp³-hybridized carbons (Fsp3) is 0.423. The first-order valence-electron chi connectivity index (χ1n) is 11.4. The fourth-order valence-corrected chi connectivity index (χ4v) is 4.06. The molecule has 0 saturated carbocycles. The number of aryl methyl sites for hydroxylation is 4. The van der Waals surface area contributed by atoms with Crippen molar-refractivity contribution in [2.75, 3.05) is 13.1 Å². The van der Waals surface area contributed by atoms with Crippen LogP contribution in [0.25, 0.3) is 0 Å². The highest BCUT2D eigenvalue weighted by atomic mass is 16.3. The van der Waals surface area contributed by atoms with E-state index < -0.39 is 12.1 Å². The Bertz CT molecular complexity index is 1010. The lowest BCUT2D eigenvalue weighted by atomic mass is 9.96. The zero-order chi connectivity index (χ0) is 25.4. The van der Waals surface area contributed by atoms with E-state index in [0.29, 0.717) is 12.8 Å².